The van der Waals surface area contributed by atoms with E-state index in [9.17, 15) is 22.5 Å². The molecule has 0 aliphatic heterocycles. The summed E-state index contributed by atoms with van der Waals surface area (Å²) in [4.78, 5) is 10.7. The first-order valence-electron chi connectivity index (χ1n) is 10.2. The monoisotopic (exact) mass is 595 g/mol. The van der Waals surface area contributed by atoms with E-state index in [4.69, 9.17) is 13.8 Å². The number of amides is 1. The van der Waals surface area contributed by atoms with Crippen LogP contribution in [0.5, 0.6) is 5.75 Å². The van der Waals surface area contributed by atoms with Crippen LogP contribution in [-0.2, 0) is 30.6 Å². The molecule has 1 aromatic carbocycles. The largest absolute Gasteiger partial charge is 0.492 e. The van der Waals surface area contributed by atoms with Crippen molar-refractivity contribution in [3.05, 3.63) is 27.0 Å². The molecule has 0 saturated heterocycles. The molecule has 0 atom stereocenters. The molecule has 2 rings (SSSR count). The molecule has 14 heteroatoms. The number of rotatable bonds is 12. The van der Waals surface area contributed by atoms with Gasteiger partial charge in [-0.3, -0.25) is 9.36 Å². The molecule has 1 aromatic heterocycles. The number of carbonyl (C=O) groups excluding carboxylic acids is 1. The minimum atomic E-state index is -4.90. The zero-order valence-electron chi connectivity index (χ0n) is 18.6. The maximum atomic E-state index is 15.4. The van der Waals surface area contributed by atoms with Gasteiger partial charge in [-0.05, 0) is 53.9 Å². The molecule has 1 heterocycles. The van der Waals surface area contributed by atoms with Gasteiger partial charge in [0.05, 0.1) is 24.5 Å². The van der Waals surface area contributed by atoms with Crippen LogP contribution < -0.4 is 10.1 Å². The molecule has 0 saturated carbocycles. The number of nitrogens with one attached hydrogen (secondary N) is 1. The van der Waals surface area contributed by atoms with Gasteiger partial charge in [-0.2, -0.15) is 22.0 Å². The summed E-state index contributed by atoms with van der Waals surface area (Å²) in [5.74, 6) is -0.269. The van der Waals surface area contributed by atoms with Gasteiger partial charge in [0.2, 0.25) is 5.91 Å². The number of thiophene rings is 1. The van der Waals surface area contributed by atoms with Crippen LogP contribution in [0.3, 0.4) is 0 Å². The van der Waals surface area contributed by atoms with Gasteiger partial charge in [-0.25, -0.2) is 0 Å². The van der Waals surface area contributed by atoms with Gasteiger partial charge in [0.25, 0.3) is 0 Å². The van der Waals surface area contributed by atoms with E-state index >= 15 is 8.78 Å². The SMILES string of the molecule is CCOP(=O)(OCC)C(F)(F)c1sc2c(OCCCC(F)(F)F)cc(CNC(C)=O)cc2c1Br. The van der Waals surface area contributed by atoms with E-state index in [2.05, 4.69) is 21.2 Å². The fourth-order valence-corrected chi connectivity index (χ4v) is 6.96. The standard InChI is InChI=1S/C20H24BrF5NO5PS/c1-4-31-33(29,32-5-2)20(25,26)18-16(21)14-9-13(11-27-12(3)28)10-15(17(14)34-18)30-8-6-7-19(22,23)24/h9-10H,4-8,11H2,1-3H3,(H,27,28). The van der Waals surface area contributed by atoms with Gasteiger partial charge >= 0.3 is 19.4 Å². The molecule has 0 aliphatic rings. The Kier molecular flexibility index (Phi) is 9.92. The summed E-state index contributed by atoms with van der Waals surface area (Å²) in [6.45, 7) is 3.29. The molecule has 0 radical (unpaired) electrons. The van der Waals surface area contributed by atoms with Crippen molar-refractivity contribution < 1.29 is 45.1 Å². The predicted molar refractivity (Wildman–Crippen MR) is 123 cm³/mol. The predicted octanol–water partition coefficient (Wildman–Crippen LogP) is 7.34. The molecule has 1 N–H and O–H groups in total. The summed E-state index contributed by atoms with van der Waals surface area (Å²) in [5.41, 5.74) is -3.55. The molecule has 0 bridgehead atoms. The number of hydrogen-bond donors (Lipinski definition) is 1. The molecule has 0 spiro atoms. The van der Waals surface area contributed by atoms with Crippen molar-refractivity contribution in [2.45, 2.75) is 52.0 Å². The quantitative estimate of drug-likeness (QED) is 0.158. The maximum absolute atomic E-state index is 15.4. The van der Waals surface area contributed by atoms with Gasteiger partial charge in [-0.1, -0.05) is 0 Å². The smallest absolute Gasteiger partial charge is 0.405 e. The Balaban J connectivity index is 2.55. The highest BCUT2D eigenvalue weighted by atomic mass is 79.9. The van der Waals surface area contributed by atoms with Crippen LogP contribution >= 0.6 is 34.9 Å². The van der Waals surface area contributed by atoms with E-state index in [-0.39, 0.29) is 59.0 Å². The van der Waals surface area contributed by atoms with E-state index < -0.39 is 30.7 Å². The minimum Gasteiger partial charge on any atom is -0.492 e. The highest BCUT2D eigenvalue weighted by Crippen LogP contribution is 2.69. The highest BCUT2D eigenvalue weighted by molar-refractivity contribution is 9.10. The van der Waals surface area contributed by atoms with Crippen LogP contribution in [0.1, 0.15) is 44.1 Å². The van der Waals surface area contributed by atoms with Gasteiger partial charge in [-0.15, -0.1) is 11.3 Å². The van der Waals surface area contributed by atoms with Crippen LogP contribution in [0, 0.1) is 0 Å². The fourth-order valence-electron chi connectivity index (χ4n) is 2.94. The van der Waals surface area contributed by atoms with Crippen molar-refractivity contribution in [3.8, 4) is 5.75 Å². The van der Waals surface area contributed by atoms with Crippen molar-refractivity contribution in [2.24, 2.45) is 0 Å². The second-order valence-corrected chi connectivity index (χ2v) is 11.0. The average Bonchev–Trinajstić information content (AvgIpc) is 3.06. The highest BCUT2D eigenvalue weighted by Gasteiger charge is 2.57. The van der Waals surface area contributed by atoms with Crippen molar-refractivity contribution in [1.82, 2.24) is 5.32 Å². The zero-order valence-corrected chi connectivity index (χ0v) is 21.9. The third-order valence-electron chi connectivity index (χ3n) is 4.37. The molecule has 192 valence electrons. The van der Waals surface area contributed by atoms with Gasteiger partial charge in [0.15, 0.2) is 0 Å². The summed E-state index contributed by atoms with van der Waals surface area (Å²) < 4.78 is 96.6. The number of halogens is 6. The lowest BCUT2D eigenvalue weighted by atomic mass is 10.1. The molecular formula is C20H24BrF5NO5PS. The molecule has 34 heavy (non-hydrogen) atoms. The lowest BCUT2D eigenvalue weighted by Crippen LogP contribution is -2.18. The second kappa shape index (κ2) is 11.6. The van der Waals surface area contributed by atoms with Crippen molar-refractivity contribution in [2.75, 3.05) is 19.8 Å². The third kappa shape index (κ3) is 6.90. The van der Waals surface area contributed by atoms with E-state index in [1.165, 1.54) is 32.9 Å². The minimum absolute atomic E-state index is 0.0363. The summed E-state index contributed by atoms with van der Waals surface area (Å²) in [6.07, 6.45) is -5.75. The number of benzene rings is 1. The number of hydrogen-bond acceptors (Lipinski definition) is 6. The molecule has 0 fully saturated rings. The zero-order chi connectivity index (χ0) is 25.7. The lowest BCUT2D eigenvalue weighted by molar-refractivity contribution is -0.136. The first-order chi connectivity index (χ1) is 15.8. The van der Waals surface area contributed by atoms with Crippen LogP contribution in [0.25, 0.3) is 10.1 Å². The molecule has 0 unspecified atom stereocenters. The first-order valence-corrected chi connectivity index (χ1v) is 13.4. The molecule has 1 amide bonds. The Morgan fingerprint density at radius 1 is 1.15 bits per heavy atom. The Morgan fingerprint density at radius 3 is 2.29 bits per heavy atom. The van der Waals surface area contributed by atoms with Gasteiger partial charge < -0.3 is 19.1 Å². The van der Waals surface area contributed by atoms with Crippen LogP contribution in [0.4, 0.5) is 22.0 Å². The Hall–Kier alpha value is -1.27. The topological polar surface area (TPSA) is 73.9 Å². The summed E-state index contributed by atoms with van der Waals surface area (Å²) >= 11 is 3.71. The summed E-state index contributed by atoms with van der Waals surface area (Å²) in [5, 5.41) is 2.82. The first kappa shape index (κ1) is 29.0. The lowest BCUT2D eigenvalue weighted by Gasteiger charge is -2.25. The Bertz CT molecular complexity index is 1050. The molecule has 6 nitrogen and oxygen atoms in total. The Morgan fingerprint density at radius 2 is 1.76 bits per heavy atom. The van der Waals surface area contributed by atoms with Crippen molar-refractivity contribution >= 4 is 50.9 Å². The van der Waals surface area contributed by atoms with Gasteiger partial charge in [0.1, 0.15) is 10.6 Å². The number of alkyl halides is 5. The van der Waals surface area contributed by atoms with Crippen molar-refractivity contribution in [1.29, 1.82) is 0 Å². The van der Waals surface area contributed by atoms with Crippen molar-refractivity contribution in [3.63, 3.8) is 0 Å². The second-order valence-electron chi connectivity index (χ2n) is 7.07. The Labute approximate surface area is 205 Å². The van der Waals surface area contributed by atoms with Crippen LogP contribution in [0.15, 0.2) is 16.6 Å². The molecule has 0 aliphatic carbocycles. The van der Waals surface area contributed by atoms with E-state index in [0.29, 0.717) is 16.9 Å². The summed E-state index contributed by atoms with van der Waals surface area (Å²) in [7, 11) is -4.90. The van der Waals surface area contributed by atoms with E-state index in [0.717, 1.165) is 0 Å². The maximum Gasteiger partial charge on any atom is 0.405 e. The third-order valence-corrected chi connectivity index (χ3v) is 9.01. The van der Waals surface area contributed by atoms with Gasteiger partial charge in [0, 0.05) is 29.7 Å². The fraction of sp³-hybridized carbons (Fsp3) is 0.550. The van der Waals surface area contributed by atoms with E-state index in [1.54, 1.807) is 0 Å². The van der Waals surface area contributed by atoms with E-state index in [1.807, 2.05) is 0 Å². The molecule has 2 aromatic rings. The number of carbonyl (C=O) groups is 1. The number of fused-ring (bicyclic) bond motifs is 1. The normalized spacial score (nSPS) is 12.9. The van der Waals surface area contributed by atoms with Crippen LogP contribution in [-0.4, -0.2) is 31.9 Å². The van der Waals surface area contributed by atoms with Crippen LogP contribution in [0.2, 0.25) is 0 Å². The molecular weight excluding hydrogens is 572 g/mol. The summed E-state index contributed by atoms with van der Waals surface area (Å²) in [6, 6.07) is 2.99. The number of ether oxygens (including phenoxy) is 1. The average molecular weight is 596 g/mol.